The Balaban J connectivity index is 1.45. The molecule has 0 saturated carbocycles. The lowest BCUT2D eigenvalue weighted by Gasteiger charge is -2.36. The van der Waals surface area contributed by atoms with Crippen molar-refractivity contribution >= 4 is 22.6 Å². The fourth-order valence-electron chi connectivity index (χ4n) is 4.22. The highest BCUT2D eigenvalue weighted by molar-refractivity contribution is 14.1. The molecule has 0 N–H and O–H groups in total. The maximum Gasteiger partial charge on any atom is 0.143 e. The summed E-state index contributed by atoms with van der Waals surface area (Å²) in [5.41, 5.74) is 2.57. The molecule has 0 amide bonds. The molecule has 0 aliphatic rings. The summed E-state index contributed by atoms with van der Waals surface area (Å²) < 4.78 is 25.1. The minimum absolute atomic E-state index is 0.458. The molecule has 3 aromatic carbocycles. The third-order valence-corrected chi connectivity index (χ3v) is 6.77. The number of rotatable bonds is 19. The molecule has 0 unspecified atom stereocenters. The molecule has 0 bridgehead atoms. The first-order valence-electron chi connectivity index (χ1n) is 13.0. The topological polar surface area (TPSA) is 36.9 Å². The highest BCUT2D eigenvalue weighted by Crippen LogP contribution is 2.40. The van der Waals surface area contributed by atoms with Crippen LogP contribution in [0.4, 0.5) is 0 Å². The van der Waals surface area contributed by atoms with Crippen molar-refractivity contribution in [2.45, 2.75) is 31.3 Å². The minimum atomic E-state index is -0.711. The third kappa shape index (κ3) is 9.27. The maximum atomic E-state index is 6.71. The van der Waals surface area contributed by atoms with Gasteiger partial charge in [0.25, 0.3) is 0 Å². The van der Waals surface area contributed by atoms with Gasteiger partial charge in [0, 0.05) is 6.61 Å². The van der Waals surface area contributed by atoms with E-state index in [1.165, 1.54) is 23.7 Å². The Bertz CT molecular complexity index is 824. The first-order chi connectivity index (χ1) is 17.9. The van der Waals surface area contributed by atoms with Gasteiger partial charge < -0.3 is 18.9 Å². The molecular weight excluding hydrogens is 563 g/mol. The number of halogens is 1. The Morgan fingerprint density at radius 2 is 0.833 bits per heavy atom. The summed E-state index contributed by atoms with van der Waals surface area (Å²) in [5.74, 6) is 0. The lowest BCUT2D eigenvalue weighted by Crippen LogP contribution is -2.34. The SMILES string of the molecule is ICCCCCCOCCOCCOCCOC(c1ccccc1)(c1ccccc1)c1ccccc1. The lowest BCUT2D eigenvalue weighted by atomic mass is 9.80. The van der Waals surface area contributed by atoms with E-state index in [0.717, 1.165) is 29.7 Å². The Morgan fingerprint density at radius 1 is 0.444 bits per heavy atom. The molecule has 3 aromatic rings. The van der Waals surface area contributed by atoms with Gasteiger partial charge in [0.15, 0.2) is 0 Å². The predicted molar refractivity (Wildman–Crippen MR) is 155 cm³/mol. The summed E-state index contributed by atoms with van der Waals surface area (Å²) in [6.45, 7) is 4.11. The molecular formula is C31H39IO4. The Kier molecular flexibility index (Phi) is 14.1. The molecule has 0 saturated heterocycles. The van der Waals surface area contributed by atoms with Gasteiger partial charge in [-0.1, -0.05) is 126 Å². The molecule has 0 aromatic heterocycles. The monoisotopic (exact) mass is 602 g/mol. The largest absolute Gasteiger partial charge is 0.379 e. The second-order valence-electron chi connectivity index (χ2n) is 8.57. The van der Waals surface area contributed by atoms with E-state index in [2.05, 4.69) is 95.4 Å². The van der Waals surface area contributed by atoms with Crippen molar-refractivity contribution in [1.82, 2.24) is 0 Å². The molecule has 0 aliphatic carbocycles. The van der Waals surface area contributed by atoms with Crippen LogP contribution in [0.25, 0.3) is 0 Å². The third-order valence-electron chi connectivity index (χ3n) is 6.00. The van der Waals surface area contributed by atoms with Gasteiger partial charge in [-0.25, -0.2) is 0 Å². The molecule has 0 spiro atoms. The summed E-state index contributed by atoms with van der Waals surface area (Å²) in [6.07, 6.45) is 4.99. The van der Waals surface area contributed by atoms with Crippen molar-refractivity contribution in [3.05, 3.63) is 108 Å². The first kappa shape index (κ1) is 28.8. The molecule has 0 radical (unpaired) electrons. The van der Waals surface area contributed by atoms with Crippen LogP contribution in [0.3, 0.4) is 0 Å². The van der Waals surface area contributed by atoms with E-state index in [-0.39, 0.29) is 0 Å². The van der Waals surface area contributed by atoms with Crippen molar-refractivity contribution in [3.8, 4) is 0 Å². The van der Waals surface area contributed by atoms with Crippen molar-refractivity contribution in [2.24, 2.45) is 0 Å². The molecule has 0 fully saturated rings. The van der Waals surface area contributed by atoms with Crippen molar-refractivity contribution in [3.63, 3.8) is 0 Å². The molecule has 36 heavy (non-hydrogen) atoms. The van der Waals surface area contributed by atoms with Gasteiger partial charge in [0.05, 0.1) is 39.6 Å². The van der Waals surface area contributed by atoms with E-state index < -0.39 is 5.60 Å². The Morgan fingerprint density at radius 3 is 1.28 bits per heavy atom. The van der Waals surface area contributed by atoms with Crippen LogP contribution in [0, 0.1) is 0 Å². The average Bonchev–Trinajstić information content (AvgIpc) is 2.94. The van der Waals surface area contributed by atoms with E-state index >= 15 is 0 Å². The second kappa shape index (κ2) is 17.6. The number of ether oxygens (including phenoxy) is 4. The number of unbranched alkanes of at least 4 members (excludes halogenated alkanes) is 3. The fraction of sp³-hybridized carbons (Fsp3) is 0.419. The molecule has 194 valence electrons. The van der Waals surface area contributed by atoms with Crippen LogP contribution in [-0.2, 0) is 24.5 Å². The standard InChI is InChI=1S/C31H39IO4/c32-20-12-1-2-13-21-33-22-23-34-24-25-35-26-27-36-31(28-14-6-3-7-15-28,29-16-8-4-9-17-29)30-18-10-5-11-19-30/h3-11,14-19H,1-2,12-13,20-27H2. The van der Waals surface area contributed by atoms with Crippen LogP contribution in [0.2, 0.25) is 0 Å². The van der Waals surface area contributed by atoms with E-state index in [1.54, 1.807) is 0 Å². The van der Waals surface area contributed by atoms with Crippen LogP contribution >= 0.6 is 22.6 Å². The van der Waals surface area contributed by atoms with Gasteiger partial charge in [0.2, 0.25) is 0 Å². The van der Waals surface area contributed by atoms with Crippen LogP contribution in [0.5, 0.6) is 0 Å². The molecule has 0 atom stereocenters. The number of hydrogen-bond donors (Lipinski definition) is 0. The second-order valence-corrected chi connectivity index (χ2v) is 9.65. The zero-order valence-corrected chi connectivity index (χ0v) is 23.3. The Hall–Kier alpha value is -1.77. The van der Waals surface area contributed by atoms with Gasteiger partial charge in [0.1, 0.15) is 5.60 Å². The van der Waals surface area contributed by atoms with Crippen LogP contribution in [-0.4, -0.2) is 50.7 Å². The van der Waals surface area contributed by atoms with Gasteiger partial charge in [-0.05, 0) is 34.0 Å². The van der Waals surface area contributed by atoms with E-state index in [0.29, 0.717) is 39.6 Å². The summed E-state index contributed by atoms with van der Waals surface area (Å²) in [6, 6.07) is 31.2. The van der Waals surface area contributed by atoms with Gasteiger partial charge >= 0.3 is 0 Å². The summed E-state index contributed by atoms with van der Waals surface area (Å²) in [4.78, 5) is 0. The average molecular weight is 603 g/mol. The van der Waals surface area contributed by atoms with Crippen LogP contribution in [0.15, 0.2) is 91.0 Å². The van der Waals surface area contributed by atoms with Crippen molar-refractivity contribution < 1.29 is 18.9 Å². The molecule has 0 aliphatic heterocycles. The highest BCUT2D eigenvalue weighted by atomic mass is 127. The molecule has 5 heteroatoms. The number of alkyl halides is 1. The smallest absolute Gasteiger partial charge is 0.143 e. The minimum Gasteiger partial charge on any atom is -0.379 e. The molecule has 4 nitrogen and oxygen atoms in total. The first-order valence-corrected chi connectivity index (χ1v) is 14.5. The number of benzene rings is 3. The van der Waals surface area contributed by atoms with E-state index in [1.807, 2.05) is 18.2 Å². The van der Waals surface area contributed by atoms with E-state index in [9.17, 15) is 0 Å². The Labute approximate surface area is 230 Å². The fourth-order valence-corrected chi connectivity index (χ4v) is 4.76. The van der Waals surface area contributed by atoms with Crippen molar-refractivity contribution in [2.75, 3.05) is 50.7 Å². The van der Waals surface area contributed by atoms with Gasteiger partial charge in [-0.2, -0.15) is 0 Å². The summed E-state index contributed by atoms with van der Waals surface area (Å²) in [7, 11) is 0. The van der Waals surface area contributed by atoms with Crippen LogP contribution in [0.1, 0.15) is 42.4 Å². The molecule has 3 rings (SSSR count). The lowest BCUT2D eigenvalue weighted by molar-refractivity contribution is -0.0369. The van der Waals surface area contributed by atoms with Gasteiger partial charge in [-0.15, -0.1) is 0 Å². The predicted octanol–water partition coefficient (Wildman–Crippen LogP) is 7.04. The van der Waals surface area contributed by atoms with E-state index in [4.69, 9.17) is 18.9 Å². The summed E-state index contributed by atoms with van der Waals surface area (Å²) in [5, 5.41) is 0. The normalized spacial score (nSPS) is 11.6. The summed E-state index contributed by atoms with van der Waals surface area (Å²) >= 11 is 2.43. The highest BCUT2D eigenvalue weighted by Gasteiger charge is 2.37. The quantitative estimate of drug-likeness (QED) is 0.0639. The van der Waals surface area contributed by atoms with Gasteiger partial charge in [-0.3, -0.25) is 0 Å². The maximum absolute atomic E-state index is 6.71. The van der Waals surface area contributed by atoms with Crippen molar-refractivity contribution in [1.29, 1.82) is 0 Å². The number of hydrogen-bond acceptors (Lipinski definition) is 4. The zero-order chi connectivity index (χ0) is 25.2. The zero-order valence-electron chi connectivity index (χ0n) is 21.2. The molecule has 0 heterocycles. The van der Waals surface area contributed by atoms with Crippen LogP contribution < -0.4 is 0 Å².